The second kappa shape index (κ2) is 4.49. The van der Waals surface area contributed by atoms with Crippen LogP contribution in [-0.4, -0.2) is 14.2 Å². The molecule has 4 heteroatoms. The Kier molecular flexibility index (Phi) is 3.32. The number of benzene rings is 1. The van der Waals surface area contributed by atoms with Crippen LogP contribution in [0.25, 0.3) is 0 Å². The van der Waals surface area contributed by atoms with E-state index in [4.69, 9.17) is 20.5 Å². The number of methoxy groups -OCH3 is 2. The fourth-order valence-electron chi connectivity index (χ4n) is 1.23. The number of ether oxygens (including phenoxy) is 2. The first-order valence-corrected chi connectivity index (χ1v) is 4.10. The Morgan fingerprint density at radius 2 is 2.07 bits per heavy atom. The molecule has 2 N–H and O–H groups in total. The average molecular weight is 192 g/mol. The first kappa shape index (κ1) is 10.4. The van der Waals surface area contributed by atoms with E-state index in [1.165, 1.54) is 7.11 Å². The summed E-state index contributed by atoms with van der Waals surface area (Å²) in [5.41, 5.74) is 6.23. The van der Waals surface area contributed by atoms with Crippen molar-refractivity contribution in [1.29, 1.82) is 5.26 Å². The lowest BCUT2D eigenvalue weighted by Gasteiger charge is -2.13. The van der Waals surface area contributed by atoms with Gasteiger partial charge in [-0.3, -0.25) is 0 Å². The summed E-state index contributed by atoms with van der Waals surface area (Å²) in [6, 6.07) is 6.53. The SMILES string of the molecule is COc1cccc(C(N)C#N)c1OC. The number of rotatable bonds is 3. The Labute approximate surface area is 82.9 Å². The van der Waals surface area contributed by atoms with Crippen molar-refractivity contribution >= 4 is 0 Å². The minimum atomic E-state index is -0.694. The minimum absolute atomic E-state index is 0.518. The van der Waals surface area contributed by atoms with Crippen LogP contribution in [-0.2, 0) is 0 Å². The minimum Gasteiger partial charge on any atom is -0.493 e. The topological polar surface area (TPSA) is 68.3 Å². The molecule has 74 valence electrons. The first-order valence-electron chi connectivity index (χ1n) is 4.10. The predicted molar refractivity (Wildman–Crippen MR) is 52.1 cm³/mol. The quantitative estimate of drug-likeness (QED) is 0.782. The molecular weight excluding hydrogens is 180 g/mol. The highest BCUT2D eigenvalue weighted by Gasteiger charge is 2.14. The molecule has 1 unspecified atom stereocenters. The third kappa shape index (κ3) is 1.78. The zero-order chi connectivity index (χ0) is 10.6. The van der Waals surface area contributed by atoms with Crippen LogP contribution in [0.15, 0.2) is 18.2 Å². The summed E-state index contributed by atoms with van der Waals surface area (Å²) in [5, 5.41) is 8.70. The van der Waals surface area contributed by atoms with Crippen molar-refractivity contribution in [3.05, 3.63) is 23.8 Å². The lowest BCUT2D eigenvalue weighted by Crippen LogP contribution is -2.09. The molecule has 0 aliphatic carbocycles. The van der Waals surface area contributed by atoms with Gasteiger partial charge >= 0.3 is 0 Å². The largest absolute Gasteiger partial charge is 0.493 e. The molecule has 0 bridgehead atoms. The molecule has 0 radical (unpaired) electrons. The summed E-state index contributed by atoms with van der Waals surface area (Å²) >= 11 is 0. The zero-order valence-corrected chi connectivity index (χ0v) is 8.15. The summed E-state index contributed by atoms with van der Waals surface area (Å²) in [6.45, 7) is 0. The summed E-state index contributed by atoms with van der Waals surface area (Å²) in [5.74, 6) is 1.10. The summed E-state index contributed by atoms with van der Waals surface area (Å²) in [6.07, 6.45) is 0. The maximum absolute atomic E-state index is 8.70. The highest BCUT2D eigenvalue weighted by molar-refractivity contribution is 5.49. The number of nitrogens with two attached hydrogens (primary N) is 1. The maximum Gasteiger partial charge on any atom is 0.166 e. The van der Waals surface area contributed by atoms with Gasteiger partial charge in [-0.2, -0.15) is 5.26 Å². The third-order valence-electron chi connectivity index (χ3n) is 1.91. The van der Waals surface area contributed by atoms with Crippen LogP contribution in [0.3, 0.4) is 0 Å². The number of nitriles is 1. The second-order valence-corrected chi connectivity index (χ2v) is 2.69. The molecule has 1 rings (SSSR count). The molecule has 1 atom stereocenters. The molecule has 4 nitrogen and oxygen atoms in total. The lowest BCUT2D eigenvalue weighted by molar-refractivity contribution is 0.351. The van der Waals surface area contributed by atoms with E-state index in [0.29, 0.717) is 17.1 Å². The van der Waals surface area contributed by atoms with E-state index in [2.05, 4.69) is 0 Å². The second-order valence-electron chi connectivity index (χ2n) is 2.69. The van der Waals surface area contributed by atoms with Gasteiger partial charge in [0, 0.05) is 5.56 Å². The lowest BCUT2D eigenvalue weighted by atomic mass is 10.1. The van der Waals surface area contributed by atoms with Crippen molar-refractivity contribution in [3.8, 4) is 17.6 Å². The van der Waals surface area contributed by atoms with Crippen LogP contribution in [0.1, 0.15) is 11.6 Å². The standard InChI is InChI=1S/C10H12N2O2/c1-13-9-5-3-4-7(8(12)6-11)10(9)14-2/h3-5,8H,12H2,1-2H3. The summed E-state index contributed by atoms with van der Waals surface area (Å²) in [7, 11) is 3.06. The summed E-state index contributed by atoms with van der Waals surface area (Å²) in [4.78, 5) is 0. The molecule has 1 aromatic rings. The molecule has 0 heterocycles. The number of hydrogen-bond acceptors (Lipinski definition) is 4. The van der Waals surface area contributed by atoms with Crippen LogP contribution in [0, 0.1) is 11.3 Å². The molecule has 0 aliphatic rings. The van der Waals surface area contributed by atoms with E-state index in [0.717, 1.165) is 0 Å². The van der Waals surface area contributed by atoms with Gasteiger partial charge < -0.3 is 15.2 Å². The Bertz CT molecular complexity index is 358. The van der Waals surface area contributed by atoms with E-state index < -0.39 is 6.04 Å². The number of hydrogen-bond donors (Lipinski definition) is 1. The third-order valence-corrected chi connectivity index (χ3v) is 1.91. The molecule has 0 fully saturated rings. The first-order chi connectivity index (χ1) is 6.74. The van der Waals surface area contributed by atoms with Crippen molar-refractivity contribution in [3.63, 3.8) is 0 Å². The van der Waals surface area contributed by atoms with Gasteiger partial charge in [0.25, 0.3) is 0 Å². The molecule has 1 aromatic carbocycles. The predicted octanol–water partition coefficient (Wildman–Crippen LogP) is 1.23. The fourth-order valence-corrected chi connectivity index (χ4v) is 1.23. The van der Waals surface area contributed by atoms with Crippen molar-refractivity contribution in [1.82, 2.24) is 0 Å². The van der Waals surface area contributed by atoms with Crippen molar-refractivity contribution < 1.29 is 9.47 Å². The average Bonchev–Trinajstić information content (AvgIpc) is 2.26. The van der Waals surface area contributed by atoms with Crippen molar-refractivity contribution in [2.24, 2.45) is 5.73 Å². The highest BCUT2D eigenvalue weighted by Crippen LogP contribution is 2.33. The van der Waals surface area contributed by atoms with Gasteiger partial charge in [-0.15, -0.1) is 0 Å². The van der Waals surface area contributed by atoms with Crippen LogP contribution < -0.4 is 15.2 Å². The Morgan fingerprint density at radius 1 is 1.36 bits per heavy atom. The van der Waals surface area contributed by atoms with E-state index >= 15 is 0 Å². The molecule has 0 saturated carbocycles. The summed E-state index contributed by atoms with van der Waals surface area (Å²) < 4.78 is 10.2. The zero-order valence-electron chi connectivity index (χ0n) is 8.15. The van der Waals surface area contributed by atoms with Crippen LogP contribution in [0.4, 0.5) is 0 Å². The Balaban J connectivity index is 3.23. The van der Waals surface area contributed by atoms with Gasteiger partial charge in [0.1, 0.15) is 6.04 Å². The molecule has 0 spiro atoms. The van der Waals surface area contributed by atoms with E-state index in [-0.39, 0.29) is 0 Å². The van der Waals surface area contributed by atoms with E-state index in [9.17, 15) is 0 Å². The van der Waals surface area contributed by atoms with Gasteiger partial charge in [-0.25, -0.2) is 0 Å². The van der Waals surface area contributed by atoms with Gasteiger partial charge in [-0.1, -0.05) is 12.1 Å². The monoisotopic (exact) mass is 192 g/mol. The van der Waals surface area contributed by atoms with E-state index in [1.807, 2.05) is 6.07 Å². The molecular formula is C10H12N2O2. The van der Waals surface area contributed by atoms with Crippen molar-refractivity contribution in [2.45, 2.75) is 6.04 Å². The molecule has 0 aromatic heterocycles. The van der Waals surface area contributed by atoms with Crippen molar-refractivity contribution in [2.75, 3.05) is 14.2 Å². The molecule has 14 heavy (non-hydrogen) atoms. The molecule has 0 amide bonds. The van der Waals surface area contributed by atoms with Crippen LogP contribution in [0.5, 0.6) is 11.5 Å². The Morgan fingerprint density at radius 3 is 2.57 bits per heavy atom. The van der Waals surface area contributed by atoms with Gasteiger partial charge in [0.05, 0.1) is 20.3 Å². The van der Waals surface area contributed by atoms with Gasteiger partial charge in [0.15, 0.2) is 11.5 Å². The van der Waals surface area contributed by atoms with Crippen LogP contribution >= 0.6 is 0 Å². The highest BCUT2D eigenvalue weighted by atomic mass is 16.5. The number of nitrogens with zero attached hydrogens (tertiary/aromatic N) is 1. The number of para-hydroxylation sites is 1. The molecule has 0 aliphatic heterocycles. The van der Waals surface area contributed by atoms with E-state index in [1.54, 1.807) is 25.3 Å². The molecule has 0 saturated heterocycles. The van der Waals surface area contributed by atoms with Gasteiger partial charge in [-0.05, 0) is 6.07 Å². The normalized spacial score (nSPS) is 11.6. The maximum atomic E-state index is 8.70. The van der Waals surface area contributed by atoms with Crippen LogP contribution in [0.2, 0.25) is 0 Å². The fraction of sp³-hybridized carbons (Fsp3) is 0.300. The Hall–Kier alpha value is -1.73. The smallest absolute Gasteiger partial charge is 0.166 e. The van der Waals surface area contributed by atoms with Gasteiger partial charge in [0.2, 0.25) is 0 Å².